The van der Waals surface area contributed by atoms with Gasteiger partial charge < -0.3 is 9.67 Å². The highest BCUT2D eigenvalue weighted by Gasteiger charge is 2.17. The first-order valence-corrected chi connectivity index (χ1v) is 10.4. The minimum Gasteiger partial charge on any atom is -0.394 e. The molecule has 0 bridgehead atoms. The lowest BCUT2D eigenvalue weighted by molar-refractivity contribution is 0.247. The maximum Gasteiger partial charge on any atom is 0.251 e. The molecule has 5 aromatic rings. The van der Waals surface area contributed by atoms with Gasteiger partial charge in [-0.05, 0) is 35.4 Å². The highest BCUT2D eigenvalue weighted by molar-refractivity contribution is 6.30. The van der Waals surface area contributed by atoms with Crippen LogP contribution in [0.2, 0.25) is 5.02 Å². The summed E-state index contributed by atoms with van der Waals surface area (Å²) in [7, 11) is 1.83. The third kappa shape index (κ3) is 3.81. The number of hydrogen-bond donors (Lipinski definition) is 2. The van der Waals surface area contributed by atoms with Gasteiger partial charge in [-0.25, -0.2) is 9.37 Å². The van der Waals surface area contributed by atoms with Crippen LogP contribution in [0.5, 0.6) is 0 Å². The lowest BCUT2D eigenvalue weighted by Gasteiger charge is -2.19. The van der Waals surface area contributed by atoms with Gasteiger partial charge in [-0.2, -0.15) is 10.2 Å². The van der Waals surface area contributed by atoms with Crippen molar-refractivity contribution in [1.82, 2.24) is 29.5 Å². The molecule has 0 aliphatic heterocycles. The van der Waals surface area contributed by atoms with Gasteiger partial charge in [0.15, 0.2) is 5.65 Å². The van der Waals surface area contributed by atoms with Crippen molar-refractivity contribution in [3.63, 3.8) is 0 Å². The molecular weight excluding hydrogens is 447 g/mol. The highest BCUT2D eigenvalue weighted by Crippen LogP contribution is 2.29. The number of pyridine rings is 2. The molecule has 4 aromatic heterocycles. The van der Waals surface area contributed by atoms with E-state index in [9.17, 15) is 14.3 Å². The van der Waals surface area contributed by atoms with E-state index >= 15 is 0 Å². The van der Waals surface area contributed by atoms with E-state index in [-0.39, 0.29) is 17.2 Å². The Hall–Kier alpha value is -3.82. The minimum atomic E-state index is -0.698. The van der Waals surface area contributed by atoms with Gasteiger partial charge in [0.25, 0.3) is 5.56 Å². The molecule has 0 spiro atoms. The summed E-state index contributed by atoms with van der Waals surface area (Å²) < 4.78 is 16.6. The van der Waals surface area contributed by atoms with Gasteiger partial charge in [-0.15, -0.1) is 0 Å². The molecule has 1 atom stereocenters. The number of nitrogens with one attached hydrogen (secondary N) is 1. The fourth-order valence-corrected chi connectivity index (χ4v) is 4.01. The first-order chi connectivity index (χ1) is 15.9. The molecule has 0 fully saturated rings. The fourth-order valence-electron chi connectivity index (χ4n) is 3.83. The van der Waals surface area contributed by atoms with Crippen molar-refractivity contribution in [1.29, 1.82) is 0 Å². The summed E-state index contributed by atoms with van der Waals surface area (Å²) in [6, 6.07) is 8.58. The Morgan fingerprint density at radius 1 is 1.15 bits per heavy atom. The second kappa shape index (κ2) is 8.27. The standard InChI is InChI=1S/C23H18ClFN6O2/c1-30-11-16(10-27-30)22-17-6-15(9-26-23(17)29-28-22)13-4-5-31(21(33)8-13)20(12-32)14-2-3-19(25)18(24)7-14/h2-11,20,32H,12H2,1H3,(H,26,28,29)/t20-/m1/s1. The molecular formula is C23H18ClFN6O2. The molecule has 166 valence electrons. The zero-order valence-corrected chi connectivity index (χ0v) is 18.2. The molecule has 10 heteroatoms. The Kier molecular flexibility index (Phi) is 5.27. The average molecular weight is 465 g/mol. The summed E-state index contributed by atoms with van der Waals surface area (Å²) in [5, 5.41) is 22.1. The van der Waals surface area contributed by atoms with Crippen molar-refractivity contribution >= 4 is 22.6 Å². The third-order valence-corrected chi connectivity index (χ3v) is 5.80. The summed E-state index contributed by atoms with van der Waals surface area (Å²) >= 11 is 5.88. The van der Waals surface area contributed by atoms with Gasteiger partial charge in [0.2, 0.25) is 0 Å². The van der Waals surface area contributed by atoms with Crippen molar-refractivity contribution < 1.29 is 9.50 Å². The number of aromatic amines is 1. The molecule has 0 saturated carbocycles. The smallest absolute Gasteiger partial charge is 0.251 e. The number of aliphatic hydroxyl groups is 1. The van der Waals surface area contributed by atoms with Gasteiger partial charge in [-0.1, -0.05) is 17.7 Å². The summed E-state index contributed by atoms with van der Waals surface area (Å²) in [5.74, 6) is -0.562. The van der Waals surface area contributed by atoms with E-state index in [1.165, 1.54) is 28.8 Å². The number of rotatable bonds is 5. The number of halogens is 2. The lowest BCUT2D eigenvalue weighted by Crippen LogP contribution is -2.26. The van der Waals surface area contributed by atoms with Crippen LogP contribution in [-0.2, 0) is 7.05 Å². The second-order valence-electron chi connectivity index (χ2n) is 7.63. The van der Waals surface area contributed by atoms with Crippen LogP contribution in [0, 0.1) is 5.82 Å². The Morgan fingerprint density at radius 3 is 2.70 bits per heavy atom. The largest absolute Gasteiger partial charge is 0.394 e. The Morgan fingerprint density at radius 2 is 2.00 bits per heavy atom. The second-order valence-corrected chi connectivity index (χ2v) is 8.04. The van der Waals surface area contributed by atoms with E-state index in [2.05, 4.69) is 20.3 Å². The van der Waals surface area contributed by atoms with Crippen molar-refractivity contribution in [2.45, 2.75) is 6.04 Å². The summed E-state index contributed by atoms with van der Waals surface area (Å²) in [6.07, 6.45) is 6.84. The third-order valence-electron chi connectivity index (χ3n) is 5.51. The average Bonchev–Trinajstić information content (AvgIpc) is 3.43. The molecule has 5 rings (SSSR count). The fraction of sp³-hybridized carbons (Fsp3) is 0.130. The van der Waals surface area contributed by atoms with Crippen LogP contribution in [0.4, 0.5) is 4.39 Å². The van der Waals surface area contributed by atoms with Gasteiger partial charge in [0, 0.05) is 48.2 Å². The Bertz CT molecular complexity index is 1540. The molecule has 0 amide bonds. The maximum absolute atomic E-state index is 13.5. The number of nitrogens with zero attached hydrogens (tertiary/aromatic N) is 5. The highest BCUT2D eigenvalue weighted by atomic mass is 35.5. The van der Waals surface area contributed by atoms with Crippen LogP contribution >= 0.6 is 11.6 Å². The first kappa shape index (κ1) is 21.0. The SMILES string of the molecule is Cn1cc(-c2n[nH]c3ncc(-c4ccn([C@H](CO)c5ccc(F)c(Cl)c5)c(=O)c4)cc23)cn1. The van der Waals surface area contributed by atoms with Crippen LogP contribution in [0.1, 0.15) is 11.6 Å². The topological polar surface area (TPSA) is 102 Å². The Labute approximate surface area is 191 Å². The minimum absolute atomic E-state index is 0.0699. The van der Waals surface area contributed by atoms with Crippen molar-refractivity contribution in [2.24, 2.45) is 7.05 Å². The zero-order valence-electron chi connectivity index (χ0n) is 17.4. The lowest BCUT2D eigenvalue weighted by atomic mass is 10.0. The Balaban J connectivity index is 1.53. The van der Waals surface area contributed by atoms with E-state index in [1.54, 1.807) is 29.3 Å². The summed E-state index contributed by atoms with van der Waals surface area (Å²) in [5.41, 5.74) is 3.80. The number of aliphatic hydroxyl groups excluding tert-OH is 1. The van der Waals surface area contributed by atoms with E-state index < -0.39 is 11.9 Å². The van der Waals surface area contributed by atoms with Crippen molar-refractivity contribution in [3.05, 3.63) is 87.9 Å². The number of H-pyrrole nitrogens is 1. The van der Waals surface area contributed by atoms with Crippen LogP contribution in [-0.4, -0.2) is 41.2 Å². The van der Waals surface area contributed by atoms with Gasteiger partial charge in [-0.3, -0.25) is 14.6 Å². The molecule has 33 heavy (non-hydrogen) atoms. The van der Waals surface area contributed by atoms with E-state index in [0.29, 0.717) is 22.5 Å². The number of benzene rings is 1. The predicted molar refractivity (Wildman–Crippen MR) is 122 cm³/mol. The molecule has 0 aliphatic rings. The van der Waals surface area contributed by atoms with Gasteiger partial charge in [0.05, 0.1) is 23.9 Å². The summed E-state index contributed by atoms with van der Waals surface area (Å²) in [6.45, 7) is -0.349. The first-order valence-electron chi connectivity index (χ1n) is 10.1. The number of hydrogen-bond acceptors (Lipinski definition) is 5. The molecule has 1 aromatic carbocycles. The molecule has 0 radical (unpaired) electrons. The van der Waals surface area contributed by atoms with E-state index in [4.69, 9.17) is 11.6 Å². The molecule has 0 unspecified atom stereocenters. The van der Waals surface area contributed by atoms with Crippen LogP contribution < -0.4 is 5.56 Å². The normalized spacial score (nSPS) is 12.4. The monoisotopic (exact) mass is 464 g/mol. The number of aryl methyl sites for hydroxylation is 1. The van der Waals surface area contributed by atoms with E-state index in [1.807, 2.05) is 19.3 Å². The zero-order chi connectivity index (χ0) is 23.1. The number of aromatic nitrogens is 6. The molecule has 4 heterocycles. The summed E-state index contributed by atoms with van der Waals surface area (Å²) in [4.78, 5) is 17.4. The molecule has 0 saturated heterocycles. The maximum atomic E-state index is 13.5. The van der Waals surface area contributed by atoms with E-state index in [0.717, 1.165) is 16.5 Å². The molecule has 0 aliphatic carbocycles. The molecule has 8 nitrogen and oxygen atoms in total. The van der Waals surface area contributed by atoms with Crippen LogP contribution in [0.15, 0.2) is 66.0 Å². The van der Waals surface area contributed by atoms with Crippen LogP contribution in [0.25, 0.3) is 33.4 Å². The number of fused-ring (bicyclic) bond motifs is 1. The van der Waals surface area contributed by atoms with Crippen molar-refractivity contribution in [3.8, 4) is 22.4 Å². The van der Waals surface area contributed by atoms with Crippen LogP contribution in [0.3, 0.4) is 0 Å². The quantitative estimate of drug-likeness (QED) is 0.414. The predicted octanol–water partition coefficient (Wildman–Crippen LogP) is 3.56. The van der Waals surface area contributed by atoms with Crippen molar-refractivity contribution in [2.75, 3.05) is 6.61 Å². The van der Waals surface area contributed by atoms with Gasteiger partial charge >= 0.3 is 0 Å². The molecule has 2 N–H and O–H groups in total. The van der Waals surface area contributed by atoms with Gasteiger partial charge in [0.1, 0.15) is 11.5 Å².